The molecule has 0 bridgehead atoms. The molecular formula is C18H17N4+. The molecule has 3 rings (SSSR count). The van der Waals surface area contributed by atoms with Crippen molar-refractivity contribution in [3.05, 3.63) is 90.0 Å². The Morgan fingerprint density at radius 1 is 0.864 bits per heavy atom. The topological polar surface area (TPSA) is 33.5 Å². The molecule has 0 N–H and O–H groups in total. The van der Waals surface area contributed by atoms with Crippen LogP contribution in [0.2, 0.25) is 0 Å². The van der Waals surface area contributed by atoms with E-state index in [0.717, 1.165) is 17.0 Å². The van der Waals surface area contributed by atoms with E-state index in [1.165, 1.54) is 0 Å². The van der Waals surface area contributed by atoms with Crippen molar-refractivity contribution >= 4 is 12.4 Å². The number of rotatable bonds is 4. The van der Waals surface area contributed by atoms with Crippen LogP contribution >= 0.6 is 0 Å². The van der Waals surface area contributed by atoms with Crippen LogP contribution in [0.15, 0.2) is 83.3 Å². The number of hydrogen-bond acceptors (Lipinski definition) is 2. The number of benzene rings is 2. The summed E-state index contributed by atoms with van der Waals surface area (Å²) in [5, 5.41) is 8.90. The van der Waals surface area contributed by atoms with Crippen LogP contribution in [0.1, 0.15) is 17.0 Å². The highest BCUT2D eigenvalue weighted by atomic mass is 15.5. The fourth-order valence-corrected chi connectivity index (χ4v) is 2.03. The number of nitrogens with zero attached hydrogens (tertiary/aromatic N) is 4. The van der Waals surface area contributed by atoms with Gasteiger partial charge in [0, 0.05) is 6.92 Å². The van der Waals surface area contributed by atoms with Crippen molar-refractivity contribution in [2.75, 3.05) is 0 Å². The van der Waals surface area contributed by atoms with Gasteiger partial charge in [-0.1, -0.05) is 70.9 Å². The van der Waals surface area contributed by atoms with Gasteiger partial charge in [0.2, 0.25) is 0 Å². The van der Waals surface area contributed by atoms with Gasteiger partial charge in [-0.3, -0.25) is 0 Å². The second-order valence-electron chi connectivity index (χ2n) is 4.85. The SMILES string of the molecule is Cc1n(/N=C/c2ccccc2)cc[n+]1/N=C/c1ccccc1. The Kier molecular flexibility index (Phi) is 4.20. The molecule has 0 aliphatic heterocycles. The van der Waals surface area contributed by atoms with E-state index in [-0.39, 0.29) is 0 Å². The summed E-state index contributed by atoms with van der Waals surface area (Å²) in [5.74, 6) is 0.930. The highest BCUT2D eigenvalue weighted by Crippen LogP contribution is 1.98. The van der Waals surface area contributed by atoms with Crippen molar-refractivity contribution in [2.45, 2.75) is 6.92 Å². The average Bonchev–Trinajstić information content (AvgIpc) is 2.93. The molecule has 4 nitrogen and oxygen atoms in total. The molecule has 0 aliphatic carbocycles. The summed E-state index contributed by atoms with van der Waals surface area (Å²) in [6.07, 6.45) is 7.44. The summed E-state index contributed by atoms with van der Waals surface area (Å²) < 4.78 is 3.60. The number of hydrogen-bond donors (Lipinski definition) is 0. The lowest BCUT2D eigenvalue weighted by molar-refractivity contribution is -0.684. The van der Waals surface area contributed by atoms with E-state index in [1.807, 2.05) is 92.4 Å². The third kappa shape index (κ3) is 3.35. The molecule has 0 aliphatic rings. The van der Waals surface area contributed by atoms with Gasteiger partial charge in [0.1, 0.15) is 0 Å². The van der Waals surface area contributed by atoms with E-state index in [2.05, 4.69) is 10.2 Å². The Hall–Kier alpha value is -3.01. The van der Waals surface area contributed by atoms with Gasteiger partial charge in [0.15, 0.2) is 12.4 Å². The monoisotopic (exact) mass is 289 g/mol. The molecule has 2 aromatic carbocycles. The van der Waals surface area contributed by atoms with Gasteiger partial charge < -0.3 is 0 Å². The van der Waals surface area contributed by atoms with Crippen LogP contribution in [0.5, 0.6) is 0 Å². The zero-order valence-corrected chi connectivity index (χ0v) is 12.4. The van der Waals surface area contributed by atoms with Gasteiger partial charge >= 0.3 is 5.82 Å². The minimum Gasteiger partial charge on any atom is -0.103 e. The van der Waals surface area contributed by atoms with Gasteiger partial charge in [-0.15, -0.1) is 9.35 Å². The van der Waals surface area contributed by atoms with Gasteiger partial charge in [-0.2, -0.15) is 0 Å². The maximum absolute atomic E-state index is 4.45. The molecule has 1 heterocycles. The quantitative estimate of drug-likeness (QED) is 0.523. The molecule has 0 amide bonds. The molecule has 0 atom stereocenters. The number of imidazole rings is 1. The lowest BCUT2D eigenvalue weighted by Gasteiger charge is -1.92. The third-order valence-electron chi connectivity index (χ3n) is 3.27. The molecular weight excluding hydrogens is 272 g/mol. The average molecular weight is 289 g/mol. The smallest absolute Gasteiger partial charge is 0.103 e. The van der Waals surface area contributed by atoms with E-state index in [0.29, 0.717) is 0 Å². The normalized spacial score (nSPS) is 11.5. The van der Waals surface area contributed by atoms with Crippen LogP contribution in [0.4, 0.5) is 0 Å². The van der Waals surface area contributed by atoms with E-state index in [1.54, 1.807) is 9.35 Å². The number of aromatic nitrogens is 2. The zero-order valence-electron chi connectivity index (χ0n) is 12.4. The Balaban J connectivity index is 1.78. The van der Waals surface area contributed by atoms with E-state index in [4.69, 9.17) is 0 Å². The highest BCUT2D eigenvalue weighted by Gasteiger charge is 2.10. The highest BCUT2D eigenvalue weighted by molar-refractivity contribution is 5.79. The Bertz CT molecular complexity index is 719. The van der Waals surface area contributed by atoms with Crippen LogP contribution in [0, 0.1) is 6.92 Å². The lowest BCUT2D eigenvalue weighted by Crippen LogP contribution is -2.29. The molecule has 108 valence electrons. The standard InChI is InChI=1S/C18H17N4/c1-16-21(19-14-17-8-4-2-5-9-17)12-13-22(16)20-15-18-10-6-3-7-11-18/h2-15H,1H3/q+1/b19-14+,20-15+. The van der Waals surface area contributed by atoms with Crippen LogP contribution in [-0.2, 0) is 0 Å². The van der Waals surface area contributed by atoms with E-state index >= 15 is 0 Å². The summed E-state index contributed by atoms with van der Waals surface area (Å²) in [5.41, 5.74) is 2.13. The summed E-state index contributed by atoms with van der Waals surface area (Å²) >= 11 is 0. The van der Waals surface area contributed by atoms with E-state index < -0.39 is 0 Å². The van der Waals surface area contributed by atoms with Crippen molar-refractivity contribution < 1.29 is 4.68 Å². The van der Waals surface area contributed by atoms with Crippen LogP contribution in [0.3, 0.4) is 0 Å². The van der Waals surface area contributed by atoms with E-state index in [9.17, 15) is 0 Å². The maximum atomic E-state index is 4.45. The van der Waals surface area contributed by atoms with Gasteiger partial charge in [0.05, 0.1) is 12.4 Å². The van der Waals surface area contributed by atoms with Crippen molar-refractivity contribution in [1.82, 2.24) is 4.68 Å². The van der Waals surface area contributed by atoms with Gasteiger partial charge in [-0.05, 0) is 11.1 Å². The maximum Gasteiger partial charge on any atom is 0.304 e. The first kappa shape index (κ1) is 13.9. The molecule has 22 heavy (non-hydrogen) atoms. The predicted octanol–water partition coefficient (Wildman–Crippen LogP) is 2.85. The Labute approximate surface area is 129 Å². The molecule has 1 aromatic heterocycles. The largest absolute Gasteiger partial charge is 0.304 e. The molecule has 3 aromatic rings. The Morgan fingerprint density at radius 2 is 1.45 bits per heavy atom. The zero-order chi connectivity index (χ0) is 15.2. The minimum atomic E-state index is 0.930. The first-order valence-corrected chi connectivity index (χ1v) is 7.11. The predicted molar refractivity (Wildman–Crippen MR) is 88.2 cm³/mol. The van der Waals surface area contributed by atoms with Crippen LogP contribution in [0.25, 0.3) is 0 Å². The molecule has 0 saturated carbocycles. The molecule has 0 saturated heterocycles. The first-order chi connectivity index (χ1) is 10.8. The summed E-state index contributed by atoms with van der Waals surface area (Å²) in [7, 11) is 0. The van der Waals surface area contributed by atoms with Crippen molar-refractivity contribution in [2.24, 2.45) is 10.2 Å². The van der Waals surface area contributed by atoms with Crippen LogP contribution in [-0.4, -0.2) is 17.1 Å². The Morgan fingerprint density at radius 3 is 2.09 bits per heavy atom. The summed E-state index contributed by atoms with van der Waals surface area (Å²) in [6.45, 7) is 1.98. The summed E-state index contributed by atoms with van der Waals surface area (Å²) in [6, 6.07) is 20.0. The fraction of sp³-hybridized carbons (Fsp3) is 0.0556. The fourth-order valence-electron chi connectivity index (χ4n) is 2.03. The molecule has 0 spiro atoms. The van der Waals surface area contributed by atoms with Crippen molar-refractivity contribution in [1.29, 1.82) is 0 Å². The second kappa shape index (κ2) is 6.63. The minimum absolute atomic E-state index is 0.930. The van der Waals surface area contributed by atoms with Crippen molar-refractivity contribution in [3.63, 3.8) is 0 Å². The molecule has 0 unspecified atom stereocenters. The van der Waals surface area contributed by atoms with Gasteiger partial charge in [0.25, 0.3) is 0 Å². The molecule has 4 heteroatoms. The molecule has 0 fully saturated rings. The summed E-state index contributed by atoms with van der Waals surface area (Å²) in [4.78, 5) is 0. The third-order valence-corrected chi connectivity index (χ3v) is 3.27. The second-order valence-corrected chi connectivity index (χ2v) is 4.85. The van der Waals surface area contributed by atoms with Crippen molar-refractivity contribution in [3.8, 4) is 0 Å². The lowest BCUT2D eigenvalue weighted by atomic mass is 10.2. The molecule has 0 radical (unpaired) electrons. The van der Waals surface area contributed by atoms with Crippen LogP contribution < -0.4 is 4.68 Å². The van der Waals surface area contributed by atoms with Gasteiger partial charge in [-0.25, -0.2) is 0 Å². The first-order valence-electron chi connectivity index (χ1n) is 7.11.